The summed E-state index contributed by atoms with van der Waals surface area (Å²) >= 11 is 0. The van der Waals surface area contributed by atoms with E-state index in [2.05, 4.69) is 20.0 Å². The molecule has 0 unspecified atom stereocenters. The fraction of sp³-hybridized carbons (Fsp3) is 0.714. The molecule has 0 bridgehead atoms. The summed E-state index contributed by atoms with van der Waals surface area (Å²) in [6, 6.07) is 0. The van der Waals surface area contributed by atoms with Crippen LogP contribution in [0, 0.1) is 0 Å². The Balaban J connectivity index is 0. The average Bonchev–Trinajstić information content (AvgIpc) is 2.54. The van der Waals surface area contributed by atoms with E-state index in [0.717, 1.165) is 38.5 Å². The summed E-state index contributed by atoms with van der Waals surface area (Å²) in [5.74, 6) is 0. The molecule has 0 fully saturated rings. The van der Waals surface area contributed by atoms with Crippen molar-refractivity contribution in [1.82, 2.24) is 0 Å². The van der Waals surface area contributed by atoms with Crippen LogP contribution in [0.15, 0.2) is 20.0 Å². The van der Waals surface area contributed by atoms with Gasteiger partial charge in [0, 0.05) is 0 Å². The highest BCUT2D eigenvalue weighted by atomic mass is 16.1. The number of hydrogen-bond acceptors (Lipinski definition) is 8. The molecule has 0 N–H and O–H groups in total. The maximum absolute atomic E-state index is 9.58. The van der Waals surface area contributed by atoms with Crippen LogP contribution in [0.25, 0.3) is 0 Å². The van der Waals surface area contributed by atoms with Crippen molar-refractivity contribution < 1.29 is 19.2 Å². The minimum atomic E-state index is 0.522. The lowest BCUT2D eigenvalue weighted by atomic mass is 10.2. The maximum atomic E-state index is 9.58. The molecule has 0 saturated carbocycles. The first-order valence-corrected chi connectivity index (χ1v) is 6.98. The number of hydrogen-bond donors (Lipinski definition) is 0. The Labute approximate surface area is 129 Å². The first kappa shape index (κ1) is 21.8. The summed E-state index contributed by atoms with van der Waals surface area (Å²) in [5.41, 5.74) is 0. The third-order valence-electron chi connectivity index (χ3n) is 2.34. The van der Waals surface area contributed by atoms with Gasteiger partial charge in [-0.3, -0.25) is 0 Å². The Morgan fingerprint density at radius 1 is 0.409 bits per heavy atom. The molecule has 0 amide bonds. The smallest absolute Gasteiger partial charge is 0.211 e. The van der Waals surface area contributed by atoms with Gasteiger partial charge in [-0.15, -0.1) is 0 Å². The van der Waals surface area contributed by atoms with Crippen molar-refractivity contribution in [2.75, 3.05) is 26.2 Å². The number of aliphatic imine (C=N–C) groups is 4. The van der Waals surface area contributed by atoms with Gasteiger partial charge in [-0.1, -0.05) is 0 Å². The van der Waals surface area contributed by atoms with Gasteiger partial charge in [-0.05, 0) is 38.5 Å². The van der Waals surface area contributed by atoms with Gasteiger partial charge in [0.1, 0.15) is 0 Å². The molecule has 8 heteroatoms. The molecule has 120 valence electrons. The highest BCUT2D eigenvalue weighted by Crippen LogP contribution is 1.95. The third-order valence-corrected chi connectivity index (χ3v) is 2.34. The fourth-order valence-electron chi connectivity index (χ4n) is 1.30. The summed E-state index contributed by atoms with van der Waals surface area (Å²) in [5, 5.41) is 0. The van der Waals surface area contributed by atoms with Crippen molar-refractivity contribution >= 4 is 24.3 Å². The van der Waals surface area contributed by atoms with Crippen molar-refractivity contribution in [2.24, 2.45) is 20.0 Å². The van der Waals surface area contributed by atoms with Crippen LogP contribution in [0.5, 0.6) is 0 Å². The zero-order valence-corrected chi connectivity index (χ0v) is 12.5. The second kappa shape index (κ2) is 23.6. The Morgan fingerprint density at radius 3 is 0.818 bits per heavy atom. The number of carbonyl (C=O) groups excluding carboxylic acids is 4. The van der Waals surface area contributed by atoms with Crippen LogP contribution in [-0.2, 0) is 19.2 Å². The molecule has 0 heterocycles. The summed E-state index contributed by atoms with van der Waals surface area (Å²) < 4.78 is 0. The molecule has 0 aliphatic rings. The molecule has 0 rings (SSSR count). The normalized spacial score (nSPS) is 8.00. The molecule has 8 nitrogen and oxygen atoms in total. The largest absolute Gasteiger partial charge is 0.234 e. The van der Waals surface area contributed by atoms with Crippen LogP contribution in [0.2, 0.25) is 0 Å². The molecular weight excluding hydrogens is 288 g/mol. The van der Waals surface area contributed by atoms with E-state index < -0.39 is 0 Å². The monoisotopic (exact) mass is 308 g/mol. The molecule has 22 heavy (non-hydrogen) atoms. The average molecular weight is 308 g/mol. The van der Waals surface area contributed by atoms with Crippen molar-refractivity contribution in [3.63, 3.8) is 0 Å². The lowest BCUT2D eigenvalue weighted by Gasteiger charge is -1.90. The third kappa shape index (κ3) is 26.2. The van der Waals surface area contributed by atoms with Crippen LogP contribution >= 0.6 is 0 Å². The highest BCUT2D eigenvalue weighted by molar-refractivity contribution is 5.33. The Kier molecular flexibility index (Phi) is 23.4. The van der Waals surface area contributed by atoms with Crippen molar-refractivity contribution in [3.05, 3.63) is 0 Å². The summed E-state index contributed by atoms with van der Waals surface area (Å²) in [4.78, 5) is 51.8. The Bertz CT molecular complexity index is 360. The fourth-order valence-corrected chi connectivity index (χ4v) is 1.30. The molecular formula is C14H20N4O4. The minimum Gasteiger partial charge on any atom is -0.211 e. The lowest BCUT2D eigenvalue weighted by Crippen LogP contribution is -1.84. The molecule has 0 aromatic rings. The summed E-state index contributed by atoms with van der Waals surface area (Å²) in [6.45, 7) is 2.09. The van der Waals surface area contributed by atoms with E-state index in [1.807, 2.05) is 0 Å². The van der Waals surface area contributed by atoms with E-state index in [9.17, 15) is 19.2 Å². The summed E-state index contributed by atoms with van der Waals surface area (Å²) in [7, 11) is 0. The number of rotatable bonds is 12. The number of isocyanates is 4. The Hall–Kier alpha value is -2.48. The van der Waals surface area contributed by atoms with E-state index in [-0.39, 0.29) is 0 Å². The topological polar surface area (TPSA) is 118 Å². The minimum absolute atomic E-state index is 0.522. The van der Waals surface area contributed by atoms with Gasteiger partial charge in [0.25, 0.3) is 0 Å². The Morgan fingerprint density at radius 2 is 0.636 bits per heavy atom. The van der Waals surface area contributed by atoms with E-state index >= 15 is 0 Å². The van der Waals surface area contributed by atoms with E-state index in [4.69, 9.17) is 0 Å². The maximum Gasteiger partial charge on any atom is 0.234 e. The SMILES string of the molecule is O=C=NCCCCCN=C=O.O=C=NCCCCCN=C=O. The van der Waals surface area contributed by atoms with Crippen molar-refractivity contribution in [1.29, 1.82) is 0 Å². The second-order valence-electron chi connectivity index (χ2n) is 4.01. The van der Waals surface area contributed by atoms with E-state index in [1.165, 1.54) is 24.3 Å². The quantitative estimate of drug-likeness (QED) is 0.309. The zero-order chi connectivity index (χ0) is 16.7. The van der Waals surface area contributed by atoms with Crippen LogP contribution in [-0.4, -0.2) is 50.5 Å². The van der Waals surface area contributed by atoms with E-state index in [1.54, 1.807) is 0 Å². The summed E-state index contributed by atoms with van der Waals surface area (Å²) in [6.07, 6.45) is 11.1. The molecule has 0 aromatic carbocycles. The predicted octanol–water partition coefficient (Wildman–Crippen LogP) is 1.66. The highest BCUT2D eigenvalue weighted by Gasteiger charge is 1.86. The van der Waals surface area contributed by atoms with Gasteiger partial charge < -0.3 is 0 Å². The van der Waals surface area contributed by atoms with Gasteiger partial charge in [-0.25, -0.2) is 39.1 Å². The van der Waals surface area contributed by atoms with Gasteiger partial charge >= 0.3 is 0 Å². The van der Waals surface area contributed by atoms with Crippen LogP contribution in [0.3, 0.4) is 0 Å². The number of unbranched alkanes of at least 4 members (excludes halogenated alkanes) is 4. The molecule has 0 aliphatic heterocycles. The predicted molar refractivity (Wildman–Crippen MR) is 79.7 cm³/mol. The standard InChI is InChI=1S/2C7H10N2O2/c2*10-6-8-4-2-1-3-5-9-7-11/h2*1-5H2. The zero-order valence-electron chi connectivity index (χ0n) is 12.5. The molecule has 0 atom stereocenters. The van der Waals surface area contributed by atoms with Crippen molar-refractivity contribution in [3.8, 4) is 0 Å². The first-order valence-electron chi connectivity index (χ1n) is 6.98. The number of nitrogens with zero attached hydrogens (tertiary/aromatic N) is 4. The molecule has 0 saturated heterocycles. The van der Waals surface area contributed by atoms with Gasteiger partial charge in [0.15, 0.2) is 0 Å². The first-order chi connectivity index (χ1) is 10.8. The molecule has 0 aliphatic carbocycles. The van der Waals surface area contributed by atoms with Gasteiger partial charge in [-0.2, -0.15) is 0 Å². The van der Waals surface area contributed by atoms with Gasteiger partial charge in [0.2, 0.25) is 24.3 Å². The van der Waals surface area contributed by atoms with Gasteiger partial charge in [0.05, 0.1) is 26.2 Å². The van der Waals surface area contributed by atoms with Crippen LogP contribution < -0.4 is 0 Å². The second-order valence-corrected chi connectivity index (χ2v) is 4.01. The molecule has 0 radical (unpaired) electrons. The molecule has 0 spiro atoms. The van der Waals surface area contributed by atoms with Crippen LogP contribution in [0.4, 0.5) is 0 Å². The van der Waals surface area contributed by atoms with Crippen molar-refractivity contribution in [2.45, 2.75) is 38.5 Å². The van der Waals surface area contributed by atoms with E-state index in [0.29, 0.717) is 26.2 Å². The molecule has 0 aromatic heterocycles. The van der Waals surface area contributed by atoms with Crippen LogP contribution in [0.1, 0.15) is 38.5 Å². The lowest BCUT2D eigenvalue weighted by molar-refractivity contribution is 0.559.